The summed E-state index contributed by atoms with van der Waals surface area (Å²) in [6.45, 7) is 14.0. The molecule has 0 amide bonds. The van der Waals surface area contributed by atoms with E-state index in [9.17, 15) is 5.21 Å². The van der Waals surface area contributed by atoms with E-state index in [2.05, 4.69) is 74.3 Å². The molecule has 0 saturated carbocycles. The van der Waals surface area contributed by atoms with E-state index < -0.39 is 8.32 Å². The Morgan fingerprint density at radius 3 is 2.51 bits per heavy atom. The molecule has 0 spiro atoms. The van der Waals surface area contributed by atoms with Gasteiger partial charge in [-0.3, -0.25) is 9.88 Å². The lowest BCUT2D eigenvalue weighted by molar-refractivity contribution is 0.165. The second kappa shape index (κ2) is 12.0. The average Bonchev–Trinajstić information content (AvgIpc) is 2.97. The predicted octanol–water partition coefficient (Wildman–Crippen LogP) is 7.11. The Balaban J connectivity index is 1.33. The number of benzene rings is 2. The van der Waals surface area contributed by atoms with E-state index in [0.29, 0.717) is 19.6 Å². The van der Waals surface area contributed by atoms with Crippen LogP contribution in [0.2, 0.25) is 18.1 Å². The van der Waals surface area contributed by atoms with Gasteiger partial charge in [0.25, 0.3) is 0 Å². The van der Waals surface area contributed by atoms with Crippen LogP contribution in [0, 0.1) is 0 Å². The van der Waals surface area contributed by atoms with E-state index >= 15 is 0 Å². The van der Waals surface area contributed by atoms with Gasteiger partial charge < -0.3 is 19.1 Å². The highest BCUT2D eigenvalue weighted by molar-refractivity contribution is 6.74. The van der Waals surface area contributed by atoms with Crippen molar-refractivity contribution in [2.75, 3.05) is 20.2 Å². The molecule has 7 nitrogen and oxygen atoms in total. The maximum absolute atomic E-state index is 10.1. The molecule has 41 heavy (non-hydrogen) atoms. The molecule has 3 aromatic rings. The number of methoxy groups -OCH3 is 1. The Morgan fingerprint density at radius 1 is 1.02 bits per heavy atom. The van der Waals surface area contributed by atoms with Gasteiger partial charge in [0.05, 0.1) is 31.0 Å². The van der Waals surface area contributed by atoms with Crippen LogP contribution in [-0.2, 0) is 24.1 Å². The van der Waals surface area contributed by atoms with Gasteiger partial charge in [-0.25, -0.2) is 0 Å². The third-order valence-electron chi connectivity index (χ3n) is 9.09. The summed E-state index contributed by atoms with van der Waals surface area (Å²) in [5, 5.41) is 14.1. The summed E-state index contributed by atoms with van der Waals surface area (Å²) < 4.78 is 18.4. The zero-order valence-electron chi connectivity index (χ0n) is 25.2. The van der Waals surface area contributed by atoms with Gasteiger partial charge in [0.15, 0.2) is 19.8 Å². The summed E-state index contributed by atoms with van der Waals surface area (Å²) in [6, 6.07) is 18.7. The van der Waals surface area contributed by atoms with E-state index in [1.807, 2.05) is 30.5 Å². The fourth-order valence-corrected chi connectivity index (χ4v) is 6.50. The molecule has 0 aliphatic carbocycles. The summed E-state index contributed by atoms with van der Waals surface area (Å²) in [7, 11) is -0.185. The molecule has 5 rings (SSSR count). The Morgan fingerprint density at radius 2 is 1.80 bits per heavy atom. The van der Waals surface area contributed by atoms with Gasteiger partial charge in [-0.05, 0) is 71.1 Å². The number of ether oxygens (including phenoxy) is 2. The van der Waals surface area contributed by atoms with Crippen LogP contribution < -0.4 is 9.47 Å². The molecule has 3 heterocycles. The molecular formula is C33H43N3O4Si. The third-order valence-corrected chi connectivity index (χ3v) is 13.6. The van der Waals surface area contributed by atoms with Gasteiger partial charge in [-0.1, -0.05) is 56.3 Å². The number of fused-ring (bicyclic) bond motifs is 3. The minimum Gasteiger partial charge on any atom is -0.493 e. The van der Waals surface area contributed by atoms with Crippen LogP contribution in [-0.4, -0.2) is 49.3 Å². The normalized spacial score (nSPS) is 20.4. The Kier molecular flexibility index (Phi) is 8.54. The third kappa shape index (κ3) is 6.35. The van der Waals surface area contributed by atoms with E-state index in [0.717, 1.165) is 53.5 Å². The predicted molar refractivity (Wildman–Crippen MR) is 165 cm³/mol. The van der Waals surface area contributed by atoms with Gasteiger partial charge in [0.1, 0.15) is 6.61 Å². The molecule has 1 fully saturated rings. The summed E-state index contributed by atoms with van der Waals surface area (Å²) in [6.07, 6.45) is 3.41. The Labute approximate surface area is 245 Å². The van der Waals surface area contributed by atoms with Crippen LogP contribution in [0.1, 0.15) is 67.1 Å². The first-order chi connectivity index (χ1) is 19.6. The molecule has 0 bridgehead atoms. The molecule has 2 aliphatic heterocycles. The SMILES string of the molecule is COc1cc2c(cc1OCc1ccccc1)CCN1C[C@@H](c3cc(CO[Si](C)(C)C(C)(C)C)ccn3)C(=NO)C[C@H]21. The fourth-order valence-electron chi connectivity index (χ4n) is 5.54. The highest BCUT2D eigenvalue weighted by Gasteiger charge is 2.40. The lowest BCUT2D eigenvalue weighted by atomic mass is 9.80. The number of nitrogens with zero attached hydrogens (tertiary/aromatic N) is 3. The quantitative estimate of drug-likeness (QED) is 0.176. The molecule has 1 N–H and O–H groups in total. The zero-order valence-corrected chi connectivity index (χ0v) is 26.2. The van der Waals surface area contributed by atoms with Crippen molar-refractivity contribution in [2.45, 2.75) is 76.9 Å². The van der Waals surface area contributed by atoms with Crippen LogP contribution in [0.25, 0.3) is 0 Å². The van der Waals surface area contributed by atoms with Gasteiger partial charge in [-0.15, -0.1) is 0 Å². The van der Waals surface area contributed by atoms with Crippen LogP contribution in [0.4, 0.5) is 0 Å². The van der Waals surface area contributed by atoms with Crippen molar-refractivity contribution in [1.29, 1.82) is 0 Å². The largest absolute Gasteiger partial charge is 0.493 e. The monoisotopic (exact) mass is 573 g/mol. The molecular weight excluding hydrogens is 530 g/mol. The maximum Gasteiger partial charge on any atom is 0.192 e. The molecule has 2 atom stereocenters. The highest BCUT2D eigenvalue weighted by atomic mass is 28.4. The van der Waals surface area contributed by atoms with E-state index in [4.69, 9.17) is 18.9 Å². The number of hydrogen-bond donors (Lipinski definition) is 1. The fraction of sp³-hybridized carbons (Fsp3) is 0.455. The van der Waals surface area contributed by atoms with Gasteiger partial charge in [0.2, 0.25) is 0 Å². The molecule has 218 valence electrons. The van der Waals surface area contributed by atoms with Crippen LogP contribution in [0.5, 0.6) is 11.5 Å². The number of aromatic nitrogens is 1. The maximum atomic E-state index is 10.1. The number of piperidine rings is 1. The van der Waals surface area contributed by atoms with Crippen LogP contribution in [0.15, 0.2) is 65.9 Å². The minimum absolute atomic E-state index is 0.0685. The highest BCUT2D eigenvalue weighted by Crippen LogP contribution is 2.44. The Hall–Kier alpha value is -3.20. The standard InChI is InChI=1S/C33H43N3O4Si/c1-33(2,3)41(5,6)40-22-24-12-14-34-28(16-24)27-20-36-15-13-25-17-32(39-21-23-10-8-7-9-11-23)31(38-4)18-26(25)30(36)19-29(27)35-37/h7-12,14,16-18,27,30,37H,13,15,19-22H2,1-6H3/t27-,30+/m0/s1. The number of oxime groups is 1. The van der Waals surface area contributed by atoms with Crippen molar-refractivity contribution < 1.29 is 19.1 Å². The second-order valence-corrected chi connectivity index (χ2v) is 17.5. The van der Waals surface area contributed by atoms with Crippen molar-refractivity contribution in [3.63, 3.8) is 0 Å². The first kappa shape index (κ1) is 29.3. The van der Waals surface area contributed by atoms with Crippen molar-refractivity contribution >= 4 is 14.0 Å². The van der Waals surface area contributed by atoms with Crippen LogP contribution >= 0.6 is 0 Å². The smallest absolute Gasteiger partial charge is 0.192 e. The summed E-state index contributed by atoms with van der Waals surface area (Å²) in [5.41, 5.74) is 6.39. The topological polar surface area (TPSA) is 76.4 Å². The van der Waals surface area contributed by atoms with Crippen molar-refractivity contribution in [2.24, 2.45) is 5.16 Å². The Bertz CT molecular complexity index is 1390. The summed E-state index contributed by atoms with van der Waals surface area (Å²) >= 11 is 0. The van der Waals surface area contributed by atoms with Crippen molar-refractivity contribution in [3.8, 4) is 11.5 Å². The lowest BCUT2D eigenvalue weighted by Gasteiger charge is -2.43. The van der Waals surface area contributed by atoms with Gasteiger partial charge in [0, 0.05) is 31.7 Å². The second-order valence-electron chi connectivity index (χ2n) is 12.7. The van der Waals surface area contributed by atoms with Crippen LogP contribution in [0.3, 0.4) is 0 Å². The molecule has 0 radical (unpaired) electrons. The van der Waals surface area contributed by atoms with E-state index in [-0.39, 0.29) is 17.0 Å². The first-order valence-corrected chi connectivity index (χ1v) is 17.4. The minimum atomic E-state index is -1.87. The van der Waals surface area contributed by atoms with E-state index in [1.165, 1.54) is 11.1 Å². The van der Waals surface area contributed by atoms with E-state index in [1.54, 1.807) is 7.11 Å². The average molecular weight is 574 g/mol. The summed E-state index contributed by atoms with van der Waals surface area (Å²) in [5.74, 6) is 1.41. The lowest BCUT2D eigenvalue weighted by Crippen LogP contribution is -2.45. The zero-order chi connectivity index (χ0) is 29.2. The summed E-state index contributed by atoms with van der Waals surface area (Å²) in [4.78, 5) is 7.21. The van der Waals surface area contributed by atoms with Gasteiger partial charge >= 0.3 is 0 Å². The van der Waals surface area contributed by atoms with Crippen molar-refractivity contribution in [3.05, 3.63) is 88.7 Å². The molecule has 2 aliphatic rings. The number of pyridine rings is 1. The first-order valence-electron chi connectivity index (χ1n) is 14.5. The number of hydrogen-bond acceptors (Lipinski definition) is 7. The molecule has 8 heteroatoms. The molecule has 1 saturated heterocycles. The number of rotatable bonds is 8. The van der Waals surface area contributed by atoms with Crippen molar-refractivity contribution in [1.82, 2.24) is 9.88 Å². The molecule has 2 aromatic carbocycles. The van der Waals surface area contributed by atoms with Gasteiger partial charge in [-0.2, -0.15) is 0 Å². The molecule has 0 unspecified atom stereocenters. The molecule has 1 aromatic heterocycles.